The first kappa shape index (κ1) is 20.7. The van der Waals surface area contributed by atoms with Gasteiger partial charge in [-0.1, -0.05) is 17.7 Å². The molecule has 0 atom stereocenters. The van der Waals surface area contributed by atoms with Crippen molar-refractivity contribution in [1.29, 1.82) is 0 Å². The Balaban J connectivity index is 1.91. The van der Waals surface area contributed by atoms with Gasteiger partial charge >= 0.3 is 0 Å². The minimum atomic E-state index is -0.533. The number of ether oxygens (including phenoxy) is 1. The van der Waals surface area contributed by atoms with Gasteiger partial charge < -0.3 is 15.2 Å². The van der Waals surface area contributed by atoms with Crippen LogP contribution in [0.1, 0.15) is 23.1 Å². The van der Waals surface area contributed by atoms with Crippen molar-refractivity contribution in [3.63, 3.8) is 0 Å². The molecule has 7 nitrogen and oxygen atoms in total. The number of methoxy groups -OCH3 is 1. The van der Waals surface area contributed by atoms with Gasteiger partial charge in [0.15, 0.2) is 11.5 Å². The second-order valence-corrected chi connectivity index (χ2v) is 7.05. The highest BCUT2D eigenvalue weighted by molar-refractivity contribution is 14.1. The van der Waals surface area contributed by atoms with E-state index in [0.717, 1.165) is 11.1 Å². The number of nitrogens with one attached hydrogen (secondary N) is 2. The number of aryl methyl sites for hydroxylation is 2. The molecule has 0 bridgehead atoms. The smallest absolute Gasteiger partial charge is 0.249 e. The van der Waals surface area contributed by atoms with Crippen LogP contribution in [0.25, 0.3) is 0 Å². The number of benzene rings is 2. The van der Waals surface area contributed by atoms with Gasteiger partial charge in [-0.2, -0.15) is 5.10 Å². The summed E-state index contributed by atoms with van der Waals surface area (Å²) in [5, 5.41) is 16.3. The van der Waals surface area contributed by atoms with Gasteiger partial charge in [-0.15, -0.1) is 0 Å². The Morgan fingerprint density at radius 3 is 2.63 bits per heavy atom. The average Bonchev–Trinajstić information content (AvgIpc) is 2.60. The number of hydrazone groups is 1. The van der Waals surface area contributed by atoms with E-state index in [1.54, 1.807) is 18.2 Å². The molecule has 0 aliphatic rings. The van der Waals surface area contributed by atoms with Crippen molar-refractivity contribution in [2.45, 2.75) is 20.3 Å². The summed E-state index contributed by atoms with van der Waals surface area (Å²) in [6.07, 6.45) is 1.06. The van der Waals surface area contributed by atoms with Gasteiger partial charge in [0.1, 0.15) is 6.42 Å². The lowest BCUT2D eigenvalue weighted by molar-refractivity contribution is -0.126. The van der Waals surface area contributed by atoms with E-state index in [9.17, 15) is 14.7 Å². The maximum absolute atomic E-state index is 12.0. The van der Waals surface area contributed by atoms with Crippen molar-refractivity contribution < 1.29 is 19.4 Å². The van der Waals surface area contributed by atoms with E-state index in [1.165, 1.54) is 13.3 Å². The zero-order valence-corrected chi connectivity index (χ0v) is 17.3. The van der Waals surface area contributed by atoms with Crippen molar-refractivity contribution in [2.24, 2.45) is 5.10 Å². The first-order valence-electron chi connectivity index (χ1n) is 8.05. The standard InChI is InChI=1S/C19H20IN3O4/c1-11-4-5-15(12(2)6-11)22-17(24)9-18(25)23-21-10-13-7-14(20)19(26)16(8-13)27-3/h4-8,10,26H,9H2,1-3H3,(H,22,24)(H,23,25). The zero-order valence-electron chi connectivity index (χ0n) is 15.2. The number of phenols is 1. The summed E-state index contributed by atoms with van der Waals surface area (Å²) in [5.41, 5.74) is 5.64. The number of hydrogen-bond acceptors (Lipinski definition) is 5. The molecule has 0 heterocycles. The molecule has 0 aromatic heterocycles. The van der Waals surface area contributed by atoms with Gasteiger partial charge in [-0.25, -0.2) is 5.43 Å². The van der Waals surface area contributed by atoms with Gasteiger partial charge in [0, 0.05) is 5.69 Å². The molecular formula is C19H20IN3O4. The molecule has 3 N–H and O–H groups in total. The summed E-state index contributed by atoms with van der Waals surface area (Å²) >= 11 is 1.96. The third-order valence-corrected chi connectivity index (χ3v) is 4.47. The molecule has 0 aliphatic heterocycles. The lowest BCUT2D eigenvalue weighted by Crippen LogP contribution is -2.24. The maximum Gasteiger partial charge on any atom is 0.249 e. The third-order valence-electron chi connectivity index (χ3n) is 3.65. The summed E-state index contributed by atoms with van der Waals surface area (Å²) in [5.74, 6) is -0.602. The van der Waals surface area contributed by atoms with E-state index >= 15 is 0 Å². The summed E-state index contributed by atoms with van der Waals surface area (Å²) in [6.45, 7) is 3.86. The molecule has 0 spiro atoms. The van der Waals surface area contributed by atoms with Crippen molar-refractivity contribution in [3.05, 3.63) is 50.6 Å². The van der Waals surface area contributed by atoms with Crippen LogP contribution in [0.2, 0.25) is 0 Å². The van der Waals surface area contributed by atoms with Crippen molar-refractivity contribution in [3.8, 4) is 11.5 Å². The summed E-state index contributed by atoms with van der Waals surface area (Å²) < 4.78 is 5.65. The van der Waals surface area contributed by atoms with Crippen LogP contribution >= 0.6 is 22.6 Å². The molecule has 27 heavy (non-hydrogen) atoms. The molecule has 142 valence electrons. The molecule has 0 saturated carbocycles. The van der Waals surface area contributed by atoms with E-state index in [4.69, 9.17) is 4.74 Å². The Bertz CT molecular complexity index is 897. The minimum Gasteiger partial charge on any atom is -0.504 e. The summed E-state index contributed by atoms with van der Waals surface area (Å²) in [4.78, 5) is 23.9. The Labute approximate surface area is 171 Å². The SMILES string of the molecule is COc1cc(C=NNC(=O)CC(=O)Nc2ccc(C)cc2C)cc(I)c1O. The largest absolute Gasteiger partial charge is 0.504 e. The molecule has 2 amide bonds. The summed E-state index contributed by atoms with van der Waals surface area (Å²) in [6, 6.07) is 8.91. The minimum absolute atomic E-state index is 0.0438. The Hall–Kier alpha value is -2.62. The van der Waals surface area contributed by atoms with Crippen LogP contribution in [0, 0.1) is 17.4 Å². The molecule has 2 aromatic rings. The fraction of sp³-hybridized carbons (Fsp3) is 0.211. The second-order valence-electron chi connectivity index (χ2n) is 5.89. The number of amides is 2. The van der Waals surface area contributed by atoms with Crippen molar-refractivity contribution >= 4 is 46.3 Å². The van der Waals surface area contributed by atoms with Gasteiger partial charge in [-0.05, 0) is 65.8 Å². The fourth-order valence-electron chi connectivity index (χ4n) is 2.34. The van der Waals surface area contributed by atoms with E-state index in [-0.39, 0.29) is 12.2 Å². The van der Waals surface area contributed by atoms with Crippen LogP contribution in [0.3, 0.4) is 0 Å². The first-order valence-corrected chi connectivity index (χ1v) is 9.13. The Morgan fingerprint density at radius 2 is 1.96 bits per heavy atom. The maximum atomic E-state index is 12.0. The van der Waals surface area contributed by atoms with Crippen LogP contribution in [0.5, 0.6) is 11.5 Å². The number of nitrogens with zero attached hydrogens (tertiary/aromatic N) is 1. The molecule has 0 radical (unpaired) electrons. The summed E-state index contributed by atoms with van der Waals surface area (Å²) in [7, 11) is 1.45. The molecule has 0 unspecified atom stereocenters. The molecular weight excluding hydrogens is 461 g/mol. The van der Waals surface area contributed by atoms with E-state index in [2.05, 4.69) is 15.8 Å². The predicted octanol–water partition coefficient (Wildman–Crippen LogP) is 3.10. The second kappa shape index (κ2) is 9.36. The number of phenolic OH excluding ortho intramolecular Hbond substituents is 1. The van der Waals surface area contributed by atoms with Crippen LogP contribution in [0.15, 0.2) is 35.4 Å². The number of aromatic hydroxyl groups is 1. The van der Waals surface area contributed by atoms with Gasteiger partial charge in [0.2, 0.25) is 11.8 Å². The van der Waals surface area contributed by atoms with E-state index in [1.807, 2.05) is 48.6 Å². The number of carbonyl (C=O) groups excluding carboxylic acids is 2. The van der Waals surface area contributed by atoms with Crippen LogP contribution in [-0.2, 0) is 9.59 Å². The monoisotopic (exact) mass is 481 g/mol. The predicted molar refractivity (Wildman–Crippen MR) is 112 cm³/mol. The average molecular weight is 481 g/mol. The highest BCUT2D eigenvalue weighted by Gasteiger charge is 2.11. The first-order chi connectivity index (χ1) is 12.8. The molecule has 8 heteroatoms. The number of hydrogen-bond donors (Lipinski definition) is 3. The van der Waals surface area contributed by atoms with Gasteiger partial charge in [-0.3, -0.25) is 9.59 Å². The van der Waals surface area contributed by atoms with Crippen LogP contribution in [0.4, 0.5) is 5.69 Å². The Morgan fingerprint density at radius 1 is 1.22 bits per heavy atom. The molecule has 2 aromatic carbocycles. The quantitative estimate of drug-likeness (QED) is 0.256. The van der Waals surface area contributed by atoms with Crippen LogP contribution in [-0.4, -0.2) is 30.2 Å². The number of anilines is 1. The molecule has 0 saturated heterocycles. The van der Waals surface area contributed by atoms with Crippen molar-refractivity contribution in [1.82, 2.24) is 5.43 Å². The zero-order chi connectivity index (χ0) is 20.0. The normalized spacial score (nSPS) is 10.7. The lowest BCUT2D eigenvalue weighted by atomic mass is 10.1. The number of rotatable bonds is 6. The topological polar surface area (TPSA) is 100 Å². The molecule has 0 fully saturated rings. The van der Waals surface area contributed by atoms with Crippen molar-refractivity contribution in [2.75, 3.05) is 12.4 Å². The number of halogens is 1. The fourth-order valence-corrected chi connectivity index (χ4v) is 2.96. The lowest BCUT2D eigenvalue weighted by Gasteiger charge is -2.08. The third kappa shape index (κ3) is 5.95. The highest BCUT2D eigenvalue weighted by atomic mass is 127. The van der Waals surface area contributed by atoms with Gasteiger partial charge in [0.25, 0.3) is 0 Å². The molecule has 2 rings (SSSR count). The number of carbonyl (C=O) groups is 2. The van der Waals surface area contributed by atoms with Gasteiger partial charge in [0.05, 0.1) is 16.9 Å². The molecule has 0 aliphatic carbocycles. The van der Waals surface area contributed by atoms with E-state index in [0.29, 0.717) is 20.6 Å². The Kier molecular flexibility index (Phi) is 7.17. The van der Waals surface area contributed by atoms with Crippen LogP contribution < -0.4 is 15.5 Å². The highest BCUT2D eigenvalue weighted by Crippen LogP contribution is 2.31. The van der Waals surface area contributed by atoms with E-state index < -0.39 is 11.8 Å².